The molecule has 0 heterocycles. The molecule has 1 atom stereocenters. The third-order valence-corrected chi connectivity index (χ3v) is 1.53. The Hall–Kier alpha value is 0.335. The molecule has 0 aliphatic heterocycles. The van der Waals surface area contributed by atoms with Crippen LogP contribution in [-0.2, 0) is 6.42 Å². The standard InChI is InChI=1S/C9H11NO.2Li/c10-9(7-11)6-8-4-2-1-3-5-8;;/h1-5,9-10H,6-7H2;;/q-2;2*+1/t9-;;/m0../s1. The maximum absolute atomic E-state index is 10.2. The fraction of sp³-hybridized carbons (Fsp3) is 0.333. The van der Waals surface area contributed by atoms with Crippen molar-refractivity contribution in [2.24, 2.45) is 0 Å². The van der Waals surface area contributed by atoms with E-state index in [9.17, 15) is 5.11 Å². The van der Waals surface area contributed by atoms with Crippen LogP contribution in [0.25, 0.3) is 5.73 Å². The summed E-state index contributed by atoms with van der Waals surface area (Å²) in [5.41, 5.74) is 8.32. The average Bonchev–Trinajstić information content (AvgIpc) is 2.06. The second kappa shape index (κ2) is 8.91. The van der Waals surface area contributed by atoms with Crippen LogP contribution in [0.2, 0.25) is 0 Å². The van der Waals surface area contributed by atoms with Gasteiger partial charge in [0.15, 0.2) is 0 Å². The van der Waals surface area contributed by atoms with Crippen LogP contribution in [0.3, 0.4) is 0 Å². The summed E-state index contributed by atoms with van der Waals surface area (Å²) in [5.74, 6) is 0. The van der Waals surface area contributed by atoms with Crippen LogP contribution in [0.15, 0.2) is 30.3 Å². The Morgan fingerprint density at radius 2 is 1.69 bits per heavy atom. The fourth-order valence-corrected chi connectivity index (χ4v) is 0.958. The van der Waals surface area contributed by atoms with Crippen molar-refractivity contribution in [3.8, 4) is 0 Å². The summed E-state index contributed by atoms with van der Waals surface area (Å²) in [6, 6.07) is 9.17. The second-order valence-corrected chi connectivity index (χ2v) is 2.55. The van der Waals surface area contributed by atoms with Crippen molar-refractivity contribution in [1.29, 1.82) is 0 Å². The van der Waals surface area contributed by atoms with Crippen LogP contribution in [0.5, 0.6) is 0 Å². The Morgan fingerprint density at radius 3 is 2.15 bits per heavy atom. The zero-order valence-corrected chi connectivity index (χ0v) is 8.29. The molecule has 13 heavy (non-hydrogen) atoms. The first-order chi connectivity index (χ1) is 5.33. The van der Waals surface area contributed by atoms with Crippen molar-refractivity contribution in [3.63, 3.8) is 0 Å². The average molecular weight is 163 g/mol. The molecule has 0 saturated heterocycles. The van der Waals surface area contributed by atoms with E-state index in [2.05, 4.69) is 0 Å². The number of hydrogen-bond donors (Lipinski definition) is 0. The van der Waals surface area contributed by atoms with Crippen LogP contribution >= 0.6 is 0 Å². The van der Waals surface area contributed by atoms with E-state index in [-0.39, 0.29) is 44.3 Å². The van der Waals surface area contributed by atoms with Gasteiger partial charge in [-0.05, 0) is 12.0 Å². The van der Waals surface area contributed by atoms with Crippen LogP contribution < -0.4 is 42.8 Å². The maximum Gasteiger partial charge on any atom is 1.00 e. The van der Waals surface area contributed by atoms with Gasteiger partial charge in [-0.25, -0.2) is 0 Å². The molecule has 0 bridgehead atoms. The van der Waals surface area contributed by atoms with Gasteiger partial charge >= 0.3 is 37.7 Å². The van der Waals surface area contributed by atoms with Gasteiger partial charge in [0.2, 0.25) is 0 Å². The topological polar surface area (TPSA) is 46.9 Å². The van der Waals surface area contributed by atoms with Gasteiger partial charge in [-0.15, -0.1) is 0 Å². The third kappa shape index (κ3) is 6.41. The molecule has 0 radical (unpaired) electrons. The molecule has 0 fully saturated rings. The fourth-order valence-electron chi connectivity index (χ4n) is 0.958. The minimum atomic E-state index is -0.489. The zero-order chi connectivity index (χ0) is 8.10. The Bertz CT molecular complexity index is 206. The number of hydrogen-bond acceptors (Lipinski definition) is 1. The molecular formula is C9H11Li2NO. The summed E-state index contributed by atoms with van der Waals surface area (Å²) < 4.78 is 0. The van der Waals surface area contributed by atoms with Crippen molar-refractivity contribution < 1.29 is 42.8 Å². The summed E-state index contributed by atoms with van der Waals surface area (Å²) in [5, 5.41) is 10.2. The molecule has 1 aromatic rings. The summed E-state index contributed by atoms with van der Waals surface area (Å²) in [7, 11) is 0. The molecule has 0 aromatic heterocycles. The van der Waals surface area contributed by atoms with Crippen molar-refractivity contribution >= 4 is 0 Å². The molecule has 0 amide bonds. The smallest absolute Gasteiger partial charge is 0.855 e. The van der Waals surface area contributed by atoms with Gasteiger partial charge in [0.25, 0.3) is 0 Å². The van der Waals surface area contributed by atoms with E-state index < -0.39 is 6.04 Å². The van der Waals surface area contributed by atoms with Crippen LogP contribution in [0, 0.1) is 0 Å². The SMILES string of the molecule is [Li+].[Li+].[NH-][C@H](C[O-])Cc1ccccc1. The molecular weight excluding hydrogens is 152 g/mol. The van der Waals surface area contributed by atoms with Gasteiger partial charge in [-0.3, -0.25) is 0 Å². The van der Waals surface area contributed by atoms with Gasteiger partial charge in [0.05, 0.1) is 0 Å². The predicted molar refractivity (Wildman–Crippen MR) is 43.1 cm³/mol. The van der Waals surface area contributed by atoms with Gasteiger partial charge in [-0.1, -0.05) is 30.3 Å². The van der Waals surface area contributed by atoms with Gasteiger partial charge < -0.3 is 10.8 Å². The van der Waals surface area contributed by atoms with Gasteiger partial charge in [-0.2, -0.15) is 12.6 Å². The molecule has 60 valence electrons. The summed E-state index contributed by atoms with van der Waals surface area (Å²) in [6.45, 7) is -0.311. The molecule has 1 N–H and O–H groups in total. The van der Waals surface area contributed by atoms with E-state index in [4.69, 9.17) is 5.73 Å². The van der Waals surface area contributed by atoms with E-state index >= 15 is 0 Å². The minimum Gasteiger partial charge on any atom is -0.855 e. The van der Waals surface area contributed by atoms with Crippen molar-refractivity contribution in [2.45, 2.75) is 12.5 Å². The molecule has 0 aliphatic rings. The molecule has 2 nitrogen and oxygen atoms in total. The number of benzene rings is 1. The van der Waals surface area contributed by atoms with E-state index in [1.54, 1.807) is 0 Å². The van der Waals surface area contributed by atoms with Crippen molar-refractivity contribution in [2.75, 3.05) is 6.61 Å². The van der Waals surface area contributed by atoms with Crippen LogP contribution in [0.4, 0.5) is 0 Å². The molecule has 0 aliphatic carbocycles. The molecule has 1 aromatic carbocycles. The minimum absolute atomic E-state index is 0. The largest absolute Gasteiger partial charge is 1.00 e. The van der Waals surface area contributed by atoms with E-state index in [0.29, 0.717) is 6.42 Å². The summed E-state index contributed by atoms with van der Waals surface area (Å²) >= 11 is 0. The van der Waals surface area contributed by atoms with E-state index in [1.807, 2.05) is 30.3 Å². The molecule has 0 saturated carbocycles. The normalized spacial score (nSPS) is 10.9. The van der Waals surface area contributed by atoms with E-state index in [1.165, 1.54) is 0 Å². The first kappa shape index (κ1) is 15.8. The Morgan fingerprint density at radius 1 is 1.15 bits per heavy atom. The monoisotopic (exact) mass is 163 g/mol. The van der Waals surface area contributed by atoms with Crippen LogP contribution in [-0.4, -0.2) is 12.6 Å². The predicted octanol–water partition coefficient (Wildman–Crippen LogP) is -4.98. The first-order valence-electron chi connectivity index (χ1n) is 3.66. The zero-order valence-electron chi connectivity index (χ0n) is 8.29. The molecule has 0 spiro atoms. The van der Waals surface area contributed by atoms with Crippen molar-refractivity contribution in [3.05, 3.63) is 41.6 Å². The quantitative estimate of drug-likeness (QED) is 0.412. The molecule has 1 rings (SSSR count). The molecule has 0 unspecified atom stereocenters. The summed E-state index contributed by atoms with van der Waals surface area (Å²) in [6.07, 6.45) is 0.574. The molecule has 4 heteroatoms. The Balaban J connectivity index is 0. The Labute approximate surface area is 103 Å². The van der Waals surface area contributed by atoms with Gasteiger partial charge in [0.1, 0.15) is 0 Å². The summed E-state index contributed by atoms with van der Waals surface area (Å²) in [4.78, 5) is 0. The Kier molecular flexibility index (Phi) is 10.8. The number of rotatable bonds is 3. The van der Waals surface area contributed by atoms with Crippen molar-refractivity contribution in [1.82, 2.24) is 0 Å². The maximum atomic E-state index is 10.2. The third-order valence-electron chi connectivity index (χ3n) is 1.53. The first-order valence-corrected chi connectivity index (χ1v) is 3.66. The van der Waals surface area contributed by atoms with E-state index in [0.717, 1.165) is 5.56 Å². The second-order valence-electron chi connectivity index (χ2n) is 2.55. The van der Waals surface area contributed by atoms with Crippen LogP contribution in [0.1, 0.15) is 5.56 Å². The number of nitrogens with one attached hydrogen (secondary N) is 1. The van der Waals surface area contributed by atoms with Gasteiger partial charge in [0, 0.05) is 0 Å².